The molecule has 6 aromatic rings. The van der Waals surface area contributed by atoms with E-state index in [0.29, 0.717) is 64.6 Å². The van der Waals surface area contributed by atoms with Crippen LogP contribution in [0.5, 0.6) is 11.5 Å². The molecule has 15 nitrogen and oxygen atoms in total. The van der Waals surface area contributed by atoms with E-state index in [4.69, 9.17) is 18.0 Å². The standard InChI is InChI=1S/C10H15NO2S.C10H15NOS.C10H15NO.C10H15NS.2C9H12FN.C9H13NO.2C9H13N.C8H11N.11CH4/c1-8(2)10-9(14-13-12-4)6-5-7-11(10)3;1-8(2)10-9(13-12-4)6-5-7-11(10)3;1-7(2)10-9(12-4)6-5-8(3)11-10;1-8(2)10-9(12-4)6-5-7-11(10)3;1-7(2)9-8(10)5-4-6-11(9)3;1-6(2)9-8(10)7(3)4-5-11-9;1-7(2)8-6-10-5-4-9(8)11-3;1-7(2)9-6-8(3)4-5-10-9;1-7(2)9-6-4-5-8(3)10-9;1-7(2)8-5-3-4-6-9-8;;;;;;;;;;;/h5-8H,3H2,1-2,4H3;5-8H,3H2,1-2,4H3;5-7H,1-4H3;5-8H,3H2,1-2,4H3;4-7H,3H2,1-2H3;4-6H,1-3H3;4-7H,1-3H3;2*4-7H,1-3H3;3-7H,1-2H3;11*1H4. The number of aromatic nitrogens is 6. The Bertz CT molecular complexity index is 4040. The molecule has 0 atom stereocenters. The fourth-order valence-corrected chi connectivity index (χ4v) is 12.9. The van der Waals surface area contributed by atoms with E-state index in [1.54, 1.807) is 75.3 Å². The summed E-state index contributed by atoms with van der Waals surface area (Å²) in [5.74, 6) is 5.71. The summed E-state index contributed by atoms with van der Waals surface area (Å²) in [6.45, 7) is 65.4. The van der Waals surface area contributed by atoms with E-state index < -0.39 is 0 Å². The van der Waals surface area contributed by atoms with Crippen molar-refractivity contribution in [1.29, 1.82) is 0 Å². The molecule has 706 valence electrons. The number of hydrogen-bond acceptors (Lipinski definition) is 14. The number of rotatable bonds is 18. The summed E-state index contributed by atoms with van der Waals surface area (Å²) in [6, 6.07) is 28.1. The van der Waals surface area contributed by atoms with Crippen LogP contribution in [0.25, 0.3) is 0 Å². The number of pyridine rings is 6. The van der Waals surface area contributed by atoms with Crippen LogP contribution in [0.2, 0.25) is 0 Å². The lowest BCUT2D eigenvalue weighted by Gasteiger charge is -2.25. The van der Waals surface area contributed by atoms with Crippen LogP contribution in [-0.2, 0) is 13.4 Å². The Morgan fingerprint density at radius 3 is 1.16 bits per heavy atom. The average molecular weight is 1780 g/mol. The van der Waals surface area contributed by atoms with Crippen LogP contribution >= 0.6 is 35.8 Å². The Balaban J connectivity index is -0.000000126. The number of hydrogen-bond donors (Lipinski definition) is 0. The summed E-state index contributed by atoms with van der Waals surface area (Å²) in [5, 5.41) is 0. The topological polar surface area (TPSA) is 136 Å². The van der Waals surface area contributed by atoms with Gasteiger partial charge in [-0.2, -0.15) is 4.33 Å². The maximum absolute atomic E-state index is 13.2. The van der Waals surface area contributed by atoms with Crippen molar-refractivity contribution in [3.63, 3.8) is 0 Å². The first kappa shape index (κ1) is 139. The number of halogens is 2. The number of aryl methyl sites for hydroxylation is 4. The molecule has 20 heteroatoms. The van der Waals surface area contributed by atoms with Gasteiger partial charge in [0.05, 0.1) is 104 Å². The average Bonchev–Trinajstić information content (AvgIpc) is 0.851. The smallest absolute Gasteiger partial charge is 0.147 e. The minimum absolute atomic E-state index is 0. The normalized spacial score (nSPS) is 12.1. The molecule has 6 aromatic heterocycles. The quantitative estimate of drug-likeness (QED) is 0.0265. The molecule has 10 heterocycles. The minimum atomic E-state index is -0.183. The van der Waals surface area contributed by atoms with Crippen LogP contribution in [0.4, 0.5) is 8.78 Å². The predicted molar refractivity (Wildman–Crippen MR) is 552 cm³/mol. The van der Waals surface area contributed by atoms with Crippen molar-refractivity contribution in [3.05, 3.63) is 284 Å². The first-order valence-electron chi connectivity index (χ1n) is 38.4. The van der Waals surface area contributed by atoms with Crippen molar-refractivity contribution < 1.29 is 50.0 Å². The van der Waals surface area contributed by atoms with E-state index >= 15 is 0 Å². The van der Waals surface area contributed by atoms with E-state index in [9.17, 15) is 8.78 Å². The Morgan fingerprint density at radius 1 is 0.395 bits per heavy atom. The molecular formula is C104H178F2N10O5S3. The van der Waals surface area contributed by atoms with Gasteiger partial charge < -0.3 is 13.7 Å². The first-order valence-corrected chi connectivity index (χ1v) is 41.1. The van der Waals surface area contributed by atoms with Crippen molar-refractivity contribution in [3.8, 4) is 11.5 Å². The van der Waals surface area contributed by atoms with E-state index in [1.807, 2.05) is 171 Å². The van der Waals surface area contributed by atoms with Gasteiger partial charge in [-0.05, 0) is 146 Å². The molecular weight excluding hydrogens is 1600 g/mol. The summed E-state index contributed by atoms with van der Waals surface area (Å²) >= 11 is 4.37. The lowest BCUT2D eigenvalue weighted by Crippen LogP contribution is -2.21. The molecule has 0 saturated carbocycles. The molecule has 0 unspecified atom stereocenters. The zero-order valence-electron chi connectivity index (χ0n) is 73.3. The molecule has 4 aliphatic heterocycles. The van der Waals surface area contributed by atoms with Crippen molar-refractivity contribution in [2.45, 2.75) is 283 Å². The van der Waals surface area contributed by atoms with E-state index in [0.717, 1.165) is 55.7 Å². The third kappa shape index (κ3) is 51.7. The van der Waals surface area contributed by atoms with Crippen molar-refractivity contribution >= 4 is 62.7 Å². The fraction of sp³-hybridized carbons (Fsp3) is 0.481. The van der Waals surface area contributed by atoms with Crippen LogP contribution in [-0.4, -0.2) is 110 Å². The SMILES string of the molecule is C.C.C.C.C.C.C.C.C.C.C.C=[N+]1C=CC=C(F)[C-]1C(C)C.C=[N+]1C=CC=C(SC)[C-]1C(C)C.C=[N+]1C=CC=C(SOC)[C-]1C(C)C.C=[N+]1C=CC=C(SOOC)[C-]1C(C)C.CC(C)c1ccccn1.COc1ccc(C)nc1C(C)C.COc1ccncc1C(C)C.Cc1cccc(C(C)C)n1.Cc1ccnc(C(C)C)c1.Cc1ccnc(C(C)C)c1F. The minimum Gasteiger partial charge on any atom is -0.496 e. The zero-order valence-corrected chi connectivity index (χ0v) is 75.8. The second kappa shape index (κ2) is 75.7. The highest BCUT2D eigenvalue weighted by Gasteiger charge is 2.27. The van der Waals surface area contributed by atoms with Crippen LogP contribution in [0.3, 0.4) is 0 Å². The highest BCUT2D eigenvalue weighted by Crippen LogP contribution is 2.37. The van der Waals surface area contributed by atoms with Gasteiger partial charge in [-0.15, -0.1) is 30.0 Å². The van der Waals surface area contributed by atoms with Gasteiger partial charge in [-0.1, -0.05) is 263 Å². The van der Waals surface area contributed by atoms with E-state index in [-0.39, 0.29) is 105 Å². The van der Waals surface area contributed by atoms with Gasteiger partial charge in [-0.3, -0.25) is 48.2 Å². The first-order chi connectivity index (χ1) is 53.3. The van der Waals surface area contributed by atoms with Crippen LogP contribution in [0, 0.1) is 81.4 Å². The predicted octanol–water partition coefficient (Wildman–Crippen LogP) is 31.7. The lowest BCUT2D eigenvalue weighted by atomic mass is 10.0. The zero-order chi connectivity index (χ0) is 85.6. The van der Waals surface area contributed by atoms with E-state index in [2.05, 4.69) is 210 Å². The van der Waals surface area contributed by atoms with Gasteiger partial charge in [0.15, 0.2) is 0 Å². The van der Waals surface area contributed by atoms with Crippen molar-refractivity contribution in [1.82, 2.24) is 29.9 Å². The fourth-order valence-electron chi connectivity index (χ4n) is 10.7. The second-order valence-corrected chi connectivity index (χ2v) is 31.9. The second-order valence-electron chi connectivity index (χ2n) is 29.4. The van der Waals surface area contributed by atoms with Crippen LogP contribution in [0.1, 0.15) is 312 Å². The highest BCUT2D eigenvalue weighted by atomic mass is 32.2. The molecule has 0 bridgehead atoms. The van der Waals surface area contributed by atoms with Gasteiger partial charge in [0.1, 0.15) is 47.3 Å². The van der Waals surface area contributed by atoms with Crippen LogP contribution in [0.15, 0.2) is 198 Å². The largest absolute Gasteiger partial charge is 0.496 e. The Hall–Kier alpha value is -8.63. The summed E-state index contributed by atoms with van der Waals surface area (Å²) in [4.78, 5) is 33.2. The van der Waals surface area contributed by atoms with E-state index in [1.165, 1.54) is 71.2 Å². The molecule has 0 N–H and O–H groups in total. The Kier molecular flexibility index (Phi) is 84.6. The number of allylic oxidation sites excluding steroid dienone is 8. The summed E-state index contributed by atoms with van der Waals surface area (Å²) in [7, 11) is 6.53. The third-order valence-corrected chi connectivity index (χ3v) is 18.7. The monoisotopic (exact) mass is 1780 g/mol. The molecule has 124 heavy (non-hydrogen) atoms. The summed E-state index contributed by atoms with van der Waals surface area (Å²) in [5.41, 5.74) is 10.4. The number of nitrogens with zero attached hydrogens (tertiary/aromatic N) is 10. The van der Waals surface area contributed by atoms with Gasteiger partial charge in [0.2, 0.25) is 0 Å². The number of ether oxygens (including phenoxy) is 2. The van der Waals surface area contributed by atoms with Gasteiger partial charge in [-0.25, -0.2) is 13.7 Å². The summed E-state index contributed by atoms with van der Waals surface area (Å²) in [6.07, 6.45) is 33.9. The van der Waals surface area contributed by atoms with Gasteiger partial charge in [0, 0.05) is 111 Å². The maximum atomic E-state index is 13.2. The number of methoxy groups -OCH3 is 2. The molecule has 0 spiro atoms. The van der Waals surface area contributed by atoms with Crippen molar-refractivity contribution in [2.24, 2.45) is 23.7 Å². The maximum Gasteiger partial charge on any atom is 0.147 e. The third-order valence-electron chi connectivity index (χ3n) is 16.5. The van der Waals surface area contributed by atoms with Gasteiger partial charge in [0.25, 0.3) is 0 Å². The highest BCUT2D eigenvalue weighted by molar-refractivity contribution is 8.02. The lowest BCUT2D eigenvalue weighted by molar-refractivity contribution is -0.438. The Labute approximate surface area is 775 Å². The van der Waals surface area contributed by atoms with Gasteiger partial charge >= 0.3 is 0 Å². The molecule has 0 fully saturated rings. The molecule has 0 amide bonds. The molecule has 0 saturated heterocycles. The summed E-state index contributed by atoms with van der Waals surface area (Å²) < 4.78 is 53.8. The molecule has 10 rings (SSSR count). The molecule has 4 aliphatic rings. The molecule has 0 aromatic carbocycles. The number of thioether (sulfide) groups is 1. The van der Waals surface area contributed by atoms with Crippen LogP contribution < -0.4 is 9.47 Å². The Morgan fingerprint density at radius 2 is 0.823 bits per heavy atom. The van der Waals surface area contributed by atoms with Crippen molar-refractivity contribution in [2.75, 3.05) is 34.7 Å². The molecule has 0 radical (unpaired) electrons. The molecule has 0 aliphatic carbocycles.